The molecule has 1 amide bonds. The lowest BCUT2D eigenvalue weighted by molar-refractivity contribution is -0.133. The minimum atomic E-state index is -0.261. The third kappa shape index (κ3) is 4.22. The zero-order valence-electron chi connectivity index (χ0n) is 17.1. The smallest absolute Gasteiger partial charge is 0.233 e. The molecular formula is C23H26N4OS. The summed E-state index contributed by atoms with van der Waals surface area (Å²) in [6.45, 7) is 6.83. The third-order valence-electron chi connectivity index (χ3n) is 5.16. The van der Waals surface area contributed by atoms with Crippen LogP contribution in [-0.4, -0.2) is 38.5 Å². The SMILES string of the molecule is CC(C)(C)N(Cc1ccccc1)C(=O)CSC1=Nc2ccccc2C2CC=NN12. The lowest BCUT2D eigenvalue weighted by Gasteiger charge is -2.36. The van der Waals surface area contributed by atoms with Gasteiger partial charge in [0.15, 0.2) is 5.17 Å². The van der Waals surface area contributed by atoms with Crippen LogP contribution < -0.4 is 0 Å². The number of aliphatic imine (C=N–C) groups is 1. The van der Waals surface area contributed by atoms with Crippen molar-refractivity contribution in [3.8, 4) is 0 Å². The molecule has 0 aliphatic carbocycles. The standard InChI is InChI=1S/C23H26N4OS/c1-23(2,3)26(15-17-9-5-4-6-10-17)21(28)16-29-22-25-19-12-8-7-11-18(19)20-13-14-24-27(20)22/h4-12,14,20H,13,15-16H2,1-3H3. The summed E-state index contributed by atoms with van der Waals surface area (Å²) < 4.78 is 0. The van der Waals surface area contributed by atoms with E-state index in [0.717, 1.165) is 22.8 Å². The van der Waals surface area contributed by atoms with E-state index in [-0.39, 0.29) is 17.5 Å². The second-order valence-electron chi connectivity index (χ2n) is 8.27. The average Bonchev–Trinajstić information content (AvgIpc) is 3.20. The number of carbonyl (C=O) groups is 1. The lowest BCUT2D eigenvalue weighted by atomic mass is 10.0. The fourth-order valence-electron chi connectivity index (χ4n) is 3.65. The first-order valence-electron chi connectivity index (χ1n) is 9.90. The number of hydrogen-bond donors (Lipinski definition) is 0. The van der Waals surface area contributed by atoms with Crippen LogP contribution in [0.3, 0.4) is 0 Å². The van der Waals surface area contributed by atoms with Gasteiger partial charge in [0, 0.05) is 30.3 Å². The number of amidine groups is 1. The topological polar surface area (TPSA) is 48.3 Å². The Hall–Kier alpha value is -2.60. The summed E-state index contributed by atoms with van der Waals surface area (Å²) in [5.74, 6) is 0.441. The maximum Gasteiger partial charge on any atom is 0.233 e. The molecule has 4 rings (SSSR count). The van der Waals surface area contributed by atoms with E-state index >= 15 is 0 Å². The van der Waals surface area contributed by atoms with Gasteiger partial charge in [-0.3, -0.25) is 4.79 Å². The van der Waals surface area contributed by atoms with Crippen molar-refractivity contribution >= 4 is 34.7 Å². The number of thioether (sulfide) groups is 1. The Morgan fingerprint density at radius 1 is 1.14 bits per heavy atom. The molecule has 2 aliphatic heterocycles. The minimum absolute atomic E-state index is 0.104. The van der Waals surface area contributed by atoms with E-state index in [4.69, 9.17) is 4.99 Å². The highest BCUT2D eigenvalue weighted by molar-refractivity contribution is 8.14. The van der Waals surface area contributed by atoms with E-state index in [1.807, 2.05) is 52.5 Å². The van der Waals surface area contributed by atoms with Gasteiger partial charge in [-0.05, 0) is 32.4 Å². The predicted molar refractivity (Wildman–Crippen MR) is 120 cm³/mol. The largest absolute Gasteiger partial charge is 0.333 e. The summed E-state index contributed by atoms with van der Waals surface area (Å²) in [5, 5.41) is 7.26. The van der Waals surface area contributed by atoms with E-state index in [2.05, 4.69) is 44.1 Å². The minimum Gasteiger partial charge on any atom is -0.333 e. The van der Waals surface area contributed by atoms with Crippen LogP contribution in [0.15, 0.2) is 64.7 Å². The quantitative estimate of drug-likeness (QED) is 0.719. The van der Waals surface area contributed by atoms with E-state index in [9.17, 15) is 4.79 Å². The summed E-state index contributed by atoms with van der Waals surface area (Å²) >= 11 is 1.47. The van der Waals surface area contributed by atoms with Gasteiger partial charge in [-0.1, -0.05) is 60.3 Å². The highest BCUT2D eigenvalue weighted by Gasteiger charge is 2.34. The van der Waals surface area contributed by atoms with Gasteiger partial charge < -0.3 is 4.90 Å². The summed E-state index contributed by atoms with van der Waals surface area (Å²) in [6.07, 6.45) is 2.80. The first kappa shape index (κ1) is 19.7. The Morgan fingerprint density at radius 2 is 1.86 bits per heavy atom. The van der Waals surface area contributed by atoms with Crippen molar-refractivity contribution in [2.24, 2.45) is 10.1 Å². The number of amides is 1. The summed E-state index contributed by atoms with van der Waals surface area (Å²) in [6, 6.07) is 18.5. The number of rotatable bonds is 4. The molecule has 0 spiro atoms. The first-order valence-corrected chi connectivity index (χ1v) is 10.9. The van der Waals surface area contributed by atoms with Crippen LogP contribution in [0.4, 0.5) is 5.69 Å². The molecule has 0 N–H and O–H groups in total. The van der Waals surface area contributed by atoms with Gasteiger partial charge in [0.05, 0.1) is 17.5 Å². The second kappa shape index (κ2) is 8.03. The lowest BCUT2D eigenvalue weighted by Crippen LogP contribution is -2.46. The van der Waals surface area contributed by atoms with Crippen molar-refractivity contribution in [2.75, 3.05) is 5.75 Å². The molecule has 2 aromatic rings. The maximum atomic E-state index is 13.2. The molecule has 1 atom stereocenters. The van der Waals surface area contributed by atoms with E-state index in [1.54, 1.807) is 0 Å². The third-order valence-corrected chi connectivity index (χ3v) is 6.08. The van der Waals surface area contributed by atoms with Gasteiger partial charge in [-0.25, -0.2) is 10.0 Å². The van der Waals surface area contributed by atoms with Gasteiger partial charge in [0.1, 0.15) is 0 Å². The molecular weight excluding hydrogens is 380 g/mol. The van der Waals surface area contributed by atoms with Gasteiger partial charge in [-0.2, -0.15) is 5.10 Å². The van der Waals surface area contributed by atoms with Crippen molar-refractivity contribution in [3.63, 3.8) is 0 Å². The summed E-state index contributed by atoms with van der Waals surface area (Å²) in [7, 11) is 0. The molecule has 2 aliphatic rings. The van der Waals surface area contributed by atoms with E-state index in [1.165, 1.54) is 17.3 Å². The van der Waals surface area contributed by atoms with Gasteiger partial charge in [-0.15, -0.1) is 0 Å². The molecule has 0 aromatic heterocycles. The highest BCUT2D eigenvalue weighted by atomic mass is 32.2. The zero-order chi connectivity index (χ0) is 20.4. The molecule has 0 saturated carbocycles. The summed E-state index contributed by atoms with van der Waals surface area (Å²) in [5.41, 5.74) is 3.05. The Balaban J connectivity index is 1.50. The van der Waals surface area contributed by atoms with Crippen molar-refractivity contribution in [2.45, 2.75) is 45.3 Å². The Morgan fingerprint density at radius 3 is 2.62 bits per heavy atom. The van der Waals surface area contributed by atoms with E-state index in [0.29, 0.717) is 12.3 Å². The molecule has 1 unspecified atom stereocenters. The predicted octanol–water partition coefficient (Wildman–Crippen LogP) is 4.98. The van der Waals surface area contributed by atoms with Crippen LogP contribution in [0.1, 0.15) is 44.4 Å². The van der Waals surface area contributed by atoms with Crippen molar-refractivity contribution in [3.05, 3.63) is 65.7 Å². The molecule has 6 heteroatoms. The fraction of sp³-hybridized carbons (Fsp3) is 0.348. The molecule has 0 fully saturated rings. The van der Waals surface area contributed by atoms with Gasteiger partial charge in [0.2, 0.25) is 5.91 Å². The monoisotopic (exact) mass is 406 g/mol. The number of benzene rings is 2. The van der Waals surface area contributed by atoms with Crippen LogP contribution >= 0.6 is 11.8 Å². The Kier molecular flexibility index (Phi) is 5.46. The number of hydrogen-bond acceptors (Lipinski definition) is 5. The zero-order valence-corrected chi connectivity index (χ0v) is 17.9. The Labute approximate surface area is 176 Å². The molecule has 2 heterocycles. The second-order valence-corrected chi connectivity index (χ2v) is 9.21. The molecule has 150 valence electrons. The molecule has 0 bridgehead atoms. The fourth-order valence-corrected chi connectivity index (χ4v) is 4.53. The number of para-hydroxylation sites is 1. The molecule has 0 saturated heterocycles. The van der Waals surface area contributed by atoms with Crippen molar-refractivity contribution < 1.29 is 4.79 Å². The van der Waals surface area contributed by atoms with Gasteiger partial charge in [0.25, 0.3) is 0 Å². The maximum absolute atomic E-state index is 13.2. The summed E-state index contributed by atoms with van der Waals surface area (Å²) in [4.78, 5) is 19.9. The average molecular weight is 407 g/mol. The Bertz CT molecular complexity index is 949. The van der Waals surface area contributed by atoms with Crippen LogP contribution in [-0.2, 0) is 11.3 Å². The van der Waals surface area contributed by atoms with Gasteiger partial charge >= 0.3 is 0 Å². The number of hydrazone groups is 1. The number of nitrogens with zero attached hydrogens (tertiary/aromatic N) is 4. The molecule has 29 heavy (non-hydrogen) atoms. The highest BCUT2D eigenvalue weighted by Crippen LogP contribution is 2.41. The molecule has 2 aromatic carbocycles. The van der Waals surface area contributed by atoms with Crippen LogP contribution in [0.5, 0.6) is 0 Å². The molecule has 5 nitrogen and oxygen atoms in total. The normalized spacial score (nSPS) is 17.6. The van der Waals surface area contributed by atoms with E-state index < -0.39 is 0 Å². The van der Waals surface area contributed by atoms with Crippen LogP contribution in [0.2, 0.25) is 0 Å². The van der Waals surface area contributed by atoms with Crippen LogP contribution in [0, 0.1) is 0 Å². The number of fused-ring (bicyclic) bond motifs is 3. The van der Waals surface area contributed by atoms with Crippen LogP contribution in [0.25, 0.3) is 0 Å². The molecule has 0 radical (unpaired) electrons. The van der Waals surface area contributed by atoms with Crippen molar-refractivity contribution in [1.29, 1.82) is 0 Å². The first-order chi connectivity index (χ1) is 13.9. The van der Waals surface area contributed by atoms with Crippen molar-refractivity contribution in [1.82, 2.24) is 9.91 Å². The number of carbonyl (C=O) groups excluding carboxylic acids is 1.